The van der Waals surface area contributed by atoms with Crippen LogP contribution in [0.2, 0.25) is 0 Å². The summed E-state index contributed by atoms with van der Waals surface area (Å²) in [6.45, 7) is 9.23. The minimum atomic E-state index is 0.0990. The summed E-state index contributed by atoms with van der Waals surface area (Å²) >= 11 is 0. The summed E-state index contributed by atoms with van der Waals surface area (Å²) in [6, 6.07) is 10.3. The fourth-order valence-corrected chi connectivity index (χ4v) is 1.69. The first-order valence-corrected chi connectivity index (χ1v) is 6.73. The maximum atomic E-state index is 5.89. The third-order valence-corrected chi connectivity index (χ3v) is 2.60. The van der Waals surface area contributed by atoms with Crippen LogP contribution < -0.4 is 5.32 Å². The molecule has 3 heteroatoms. The highest BCUT2D eigenvalue weighted by molar-refractivity contribution is 5.17. The summed E-state index contributed by atoms with van der Waals surface area (Å²) < 4.78 is 11.4. The normalized spacial score (nSPS) is 12.9. The molecular weight excluding hydrogens is 226 g/mol. The van der Waals surface area contributed by atoms with Crippen LogP contribution in [0, 0.1) is 0 Å². The molecule has 102 valence electrons. The smallest absolute Gasteiger partial charge is 0.0950 e. The van der Waals surface area contributed by atoms with Crippen molar-refractivity contribution in [2.24, 2.45) is 0 Å². The quantitative estimate of drug-likeness (QED) is 0.685. The van der Waals surface area contributed by atoms with E-state index in [9.17, 15) is 0 Å². The molecule has 0 spiro atoms. The topological polar surface area (TPSA) is 30.5 Å². The summed E-state index contributed by atoms with van der Waals surface area (Å²) in [4.78, 5) is 0. The molecule has 1 unspecified atom stereocenters. The fraction of sp³-hybridized carbons (Fsp3) is 0.600. The van der Waals surface area contributed by atoms with Crippen molar-refractivity contribution in [3.05, 3.63) is 35.9 Å². The molecule has 0 fully saturated rings. The largest absolute Gasteiger partial charge is 0.376 e. The van der Waals surface area contributed by atoms with E-state index in [1.165, 1.54) is 5.56 Å². The minimum Gasteiger partial charge on any atom is -0.376 e. The van der Waals surface area contributed by atoms with E-state index in [0.717, 1.165) is 13.1 Å². The van der Waals surface area contributed by atoms with Gasteiger partial charge in [-0.3, -0.25) is 0 Å². The van der Waals surface area contributed by atoms with Gasteiger partial charge < -0.3 is 14.8 Å². The number of hydrogen-bond acceptors (Lipinski definition) is 3. The molecule has 0 amide bonds. The predicted molar refractivity (Wildman–Crippen MR) is 74.8 cm³/mol. The zero-order chi connectivity index (χ0) is 13.2. The molecule has 0 radical (unpaired) electrons. The first-order valence-electron chi connectivity index (χ1n) is 6.73. The van der Waals surface area contributed by atoms with E-state index < -0.39 is 0 Å². The number of benzene rings is 1. The molecule has 0 saturated carbocycles. The summed E-state index contributed by atoms with van der Waals surface area (Å²) in [7, 11) is 0. The van der Waals surface area contributed by atoms with Gasteiger partial charge in [0.2, 0.25) is 0 Å². The van der Waals surface area contributed by atoms with Crippen LogP contribution in [-0.2, 0) is 9.47 Å². The Labute approximate surface area is 110 Å². The van der Waals surface area contributed by atoms with Crippen molar-refractivity contribution in [2.45, 2.75) is 33.0 Å². The van der Waals surface area contributed by atoms with Crippen molar-refractivity contribution < 1.29 is 9.47 Å². The number of rotatable bonds is 9. The van der Waals surface area contributed by atoms with Crippen LogP contribution in [0.1, 0.15) is 32.4 Å². The molecule has 1 N–H and O–H groups in total. The van der Waals surface area contributed by atoms with E-state index in [0.29, 0.717) is 13.2 Å². The van der Waals surface area contributed by atoms with E-state index >= 15 is 0 Å². The summed E-state index contributed by atoms with van der Waals surface area (Å²) in [5.74, 6) is 0. The Kier molecular flexibility index (Phi) is 7.65. The van der Waals surface area contributed by atoms with Crippen LogP contribution >= 0.6 is 0 Å². The highest BCUT2D eigenvalue weighted by Gasteiger charge is 2.10. The van der Waals surface area contributed by atoms with Crippen molar-refractivity contribution in [3.8, 4) is 0 Å². The number of hydrogen-bond donors (Lipinski definition) is 1. The van der Waals surface area contributed by atoms with Gasteiger partial charge in [0.1, 0.15) is 0 Å². The van der Waals surface area contributed by atoms with Crippen molar-refractivity contribution >= 4 is 0 Å². The van der Waals surface area contributed by atoms with Crippen molar-refractivity contribution in [1.29, 1.82) is 0 Å². The Balaban J connectivity index is 2.41. The van der Waals surface area contributed by atoms with E-state index in [1.807, 2.05) is 32.0 Å². The molecule has 1 aromatic rings. The fourth-order valence-electron chi connectivity index (χ4n) is 1.69. The molecule has 1 atom stereocenters. The SMILES string of the molecule is CCNCC(OCCOC(C)C)c1ccccc1. The number of ether oxygens (including phenoxy) is 2. The first-order chi connectivity index (χ1) is 8.74. The van der Waals surface area contributed by atoms with Crippen molar-refractivity contribution in [2.75, 3.05) is 26.3 Å². The van der Waals surface area contributed by atoms with E-state index in [1.54, 1.807) is 0 Å². The van der Waals surface area contributed by atoms with Crippen LogP contribution in [0.3, 0.4) is 0 Å². The molecule has 0 aromatic heterocycles. The highest BCUT2D eigenvalue weighted by atomic mass is 16.5. The monoisotopic (exact) mass is 251 g/mol. The van der Waals surface area contributed by atoms with E-state index in [4.69, 9.17) is 9.47 Å². The third kappa shape index (κ3) is 6.15. The summed E-state index contributed by atoms with van der Waals surface area (Å²) in [6.07, 6.45) is 0.361. The molecule has 0 aliphatic rings. The van der Waals surface area contributed by atoms with Gasteiger partial charge >= 0.3 is 0 Å². The second-order valence-corrected chi connectivity index (χ2v) is 4.50. The highest BCUT2D eigenvalue weighted by Crippen LogP contribution is 2.16. The van der Waals surface area contributed by atoms with Crippen LogP contribution in [0.4, 0.5) is 0 Å². The first kappa shape index (κ1) is 15.2. The standard InChI is InChI=1S/C15H25NO2/c1-4-16-12-15(14-8-6-5-7-9-14)18-11-10-17-13(2)3/h5-9,13,15-16H,4,10-12H2,1-3H3. The predicted octanol–water partition coefficient (Wildman–Crippen LogP) is 2.78. The molecule has 0 bridgehead atoms. The molecule has 18 heavy (non-hydrogen) atoms. The number of nitrogens with one attached hydrogen (secondary N) is 1. The lowest BCUT2D eigenvalue weighted by molar-refractivity contribution is -0.0128. The Hall–Kier alpha value is -0.900. The molecule has 0 heterocycles. The lowest BCUT2D eigenvalue weighted by Crippen LogP contribution is -2.24. The minimum absolute atomic E-state index is 0.0990. The molecule has 0 aliphatic heterocycles. The van der Waals surface area contributed by atoms with Crippen molar-refractivity contribution in [1.82, 2.24) is 5.32 Å². The third-order valence-electron chi connectivity index (χ3n) is 2.60. The van der Waals surface area contributed by atoms with Crippen LogP contribution in [0.15, 0.2) is 30.3 Å². The zero-order valence-corrected chi connectivity index (χ0v) is 11.7. The van der Waals surface area contributed by atoms with Crippen molar-refractivity contribution in [3.63, 3.8) is 0 Å². The molecule has 3 nitrogen and oxygen atoms in total. The van der Waals surface area contributed by atoms with Gasteiger partial charge in [-0.15, -0.1) is 0 Å². The van der Waals surface area contributed by atoms with Gasteiger partial charge in [-0.25, -0.2) is 0 Å². The number of likely N-dealkylation sites (N-methyl/N-ethyl adjacent to an activating group) is 1. The zero-order valence-electron chi connectivity index (χ0n) is 11.7. The van der Waals surface area contributed by atoms with Crippen LogP contribution in [-0.4, -0.2) is 32.4 Å². The maximum Gasteiger partial charge on any atom is 0.0950 e. The Morgan fingerprint density at radius 3 is 2.33 bits per heavy atom. The molecule has 0 aliphatic carbocycles. The lowest BCUT2D eigenvalue weighted by atomic mass is 10.1. The average Bonchev–Trinajstić information content (AvgIpc) is 2.38. The van der Waals surface area contributed by atoms with Gasteiger partial charge in [-0.05, 0) is 26.0 Å². The van der Waals surface area contributed by atoms with Gasteiger partial charge in [-0.2, -0.15) is 0 Å². The molecule has 1 aromatic carbocycles. The second kappa shape index (κ2) is 9.09. The van der Waals surface area contributed by atoms with Crippen LogP contribution in [0.5, 0.6) is 0 Å². The maximum absolute atomic E-state index is 5.89. The van der Waals surface area contributed by atoms with E-state index in [-0.39, 0.29) is 12.2 Å². The van der Waals surface area contributed by atoms with Gasteiger partial charge in [0.15, 0.2) is 0 Å². The van der Waals surface area contributed by atoms with E-state index in [2.05, 4.69) is 24.4 Å². The summed E-state index contributed by atoms with van der Waals surface area (Å²) in [5, 5.41) is 3.33. The Morgan fingerprint density at radius 1 is 1.06 bits per heavy atom. The summed E-state index contributed by atoms with van der Waals surface area (Å²) in [5.41, 5.74) is 1.21. The Morgan fingerprint density at radius 2 is 1.72 bits per heavy atom. The van der Waals surface area contributed by atoms with Gasteiger partial charge in [0, 0.05) is 6.54 Å². The average molecular weight is 251 g/mol. The van der Waals surface area contributed by atoms with Gasteiger partial charge in [0.05, 0.1) is 25.4 Å². The Bertz CT molecular complexity index is 301. The van der Waals surface area contributed by atoms with Gasteiger partial charge in [0.25, 0.3) is 0 Å². The molecule has 1 rings (SSSR count). The second-order valence-electron chi connectivity index (χ2n) is 4.50. The molecule has 0 saturated heterocycles. The van der Waals surface area contributed by atoms with Crippen LogP contribution in [0.25, 0.3) is 0 Å². The lowest BCUT2D eigenvalue weighted by Gasteiger charge is -2.19. The van der Waals surface area contributed by atoms with Gasteiger partial charge in [-0.1, -0.05) is 37.3 Å². The molecular formula is C15H25NO2.